The largest absolute Gasteiger partial charge is 0.383 e. The molecule has 0 saturated carbocycles. The van der Waals surface area contributed by atoms with Gasteiger partial charge in [-0.15, -0.1) is 11.8 Å². The molecule has 2 amide bonds. The van der Waals surface area contributed by atoms with E-state index in [1.54, 1.807) is 7.11 Å². The molecule has 1 aromatic carbocycles. The maximum atomic E-state index is 12.7. The number of benzene rings is 1. The van der Waals surface area contributed by atoms with Crippen LogP contribution in [0.3, 0.4) is 0 Å². The van der Waals surface area contributed by atoms with E-state index in [0.29, 0.717) is 24.5 Å². The summed E-state index contributed by atoms with van der Waals surface area (Å²) in [6, 6.07) is 7.53. The van der Waals surface area contributed by atoms with E-state index < -0.39 is 0 Å². The van der Waals surface area contributed by atoms with Gasteiger partial charge >= 0.3 is 0 Å². The second-order valence-electron chi connectivity index (χ2n) is 5.48. The van der Waals surface area contributed by atoms with E-state index in [-0.39, 0.29) is 11.8 Å². The number of methoxy groups -OCH3 is 1. The average molecular weight is 336 g/mol. The highest BCUT2D eigenvalue weighted by atomic mass is 32.2. The second-order valence-corrected chi connectivity index (χ2v) is 6.50. The van der Waals surface area contributed by atoms with Crippen LogP contribution < -0.4 is 5.32 Å². The van der Waals surface area contributed by atoms with Gasteiger partial charge in [0, 0.05) is 31.6 Å². The predicted molar refractivity (Wildman–Crippen MR) is 91.8 cm³/mol. The molecule has 1 fully saturated rings. The third-order valence-electron chi connectivity index (χ3n) is 3.75. The van der Waals surface area contributed by atoms with E-state index in [2.05, 4.69) is 5.32 Å². The van der Waals surface area contributed by atoms with Crippen molar-refractivity contribution >= 4 is 23.6 Å². The van der Waals surface area contributed by atoms with Gasteiger partial charge in [-0.3, -0.25) is 9.59 Å². The van der Waals surface area contributed by atoms with Crippen molar-refractivity contribution in [3.63, 3.8) is 0 Å². The van der Waals surface area contributed by atoms with Crippen LogP contribution in [0.15, 0.2) is 29.2 Å². The maximum absolute atomic E-state index is 12.7. The van der Waals surface area contributed by atoms with Gasteiger partial charge in [0.15, 0.2) is 0 Å². The maximum Gasteiger partial charge on any atom is 0.254 e. The summed E-state index contributed by atoms with van der Waals surface area (Å²) < 4.78 is 4.90. The number of hydrogen-bond donors (Lipinski definition) is 1. The van der Waals surface area contributed by atoms with E-state index in [4.69, 9.17) is 4.74 Å². The first kappa shape index (κ1) is 17.8. The summed E-state index contributed by atoms with van der Waals surface area (Å²) >= 11 is 1.41. The van der Waals surface area contributed by atoms with Gasteiger partial charge in [0.1, 0.15) is 0 Å². The number of thioether (sulfide) groups is 1. The van der Waals surface area contributed by atoms with Crippen molar-refractivity contribution in [2.75, 3.05) is 39.1 Å². The minimum atomic E-state index is -0.0488. The summed E-state index contributed by atoms with van der Waals surface area (Å²) in [7, 11) is 1.60. The molecule has 1 aromatic rings. The molecular formula is C17H24N2O3S. The van der Waals surface area contributed by atoms with Crippen LogP contribution in [0.1, 0.15) is 29.6 Å². The van der Waals surface area contributed by atoms with Crippen molar-refractivity contribution in [3.8, 4) is 0 Å². The van der Waals surface area contributed by atoms with Crippen LogP contribution in [0.25, 0.3) is 0 Å². The van der Waals surface area contributed by atoms with Gasteiger partial charge in [0.25, 0.3) is 5.91 Å². The zero-order valence-electron chi connectivity index (χ0n) is 13.5. The highest BCUT2D eigenvalue weighted by molar-refractivity contribution is 8.00. The van der Waals surface area contributed by atoms with Crippen LogP contribution in [0.4, 0.5) is 0 Å². The molecule has 0 atom stereocenters. The second kappa shape index (κ2) is 9.57. The molecule has 126 valence electrons. The third kappa shape index (κ3) is 5.55. The summed E-state index contributed by atoms with van der Waals surface area (Å²) in [5.74, 6) is 0.327. The third-order valence-corrected chi connectivity index (χ3v) is 4.82. The smallest absolute Gasteiger partial charge is 0.254 e. The summed E-state index contributed by atoms with van der Waals surface area (Å²) in [6.07, 6.45) is 3.34. The molecule has 0 unspecified atom stereocenters. The number of amides is 2. The number of nitrogens with zero attached hydrogens (tertiary/aromatic N) is 1. The summed E-state index contributed by atoms with van der Waals surface area (Å²) in [5, 5.41) is 2.79. The Morgan fingerprint density at radius 1 is 1.22 bits per heavy atom. The monoisotopic (exact) mass is 336 g/mol. The molecule has 23 heavy (non-hydrogen) atoms. The molecule has 6 heteroatoms. The molecule has 1 heterocycles. The number of hydrogen-bond acceptors (Lipinski definition) is 4. The fraction of sp³-hybridized carbons (Fsp3) is 0.529. The van der Waals surface area contributed by atoms with Crippen LogP contribution in [0, 0.1) is 0 Å². The lowest BCUT2D eigenvalue weighted by molar-refractivity contribution is -0.118. The molecular weight excluding hydrogens is 312 g/mol. The Hall–Kier alpha value is -1.53. The minimum absolute atomic E-state index is 0.0488. The number of carbonyl (C=O) groups is 2. The summed E-state index contributed by atoms with van der Waals surface area (Å²) in [6.45, 7) is 2.66. The molecule has 0 aromatic heterocycles. The number of rotatable bonds is 7. The Balaban J connectivity index is 1.94. The van der Waals surface area contributed by atoms with Gasteiger partial charge in [0.05, 0.1) is 17.9 Å². The number of likely N-dealkylation sites (tertiary alicyclic amines) is 1. The van der Waals surface area contributed by atoms with Gasteiger partial charge in [0.2, 0.25) is 5.91 Å². The number of carbonyl (C=O) groups excluding carboxylic acids is 2. The molecule has 1 aliphatic heterocycles. The van der Waals surface area contributed by atoms with Gasteiger partial charge in [-0.25, -0.2) is 0 Å². The first-order chi connectivity index (χ1) is 11.2. The Labute approximate surface area is 141 Å². The van der Waals surface area contributed by atoms with E-state index >= 15 is 0 Å². The Kier molecular flexibility index (Phi) is 7.42. The normalized spacial score (nSPS) is 14.6. The van der Waals surface area contributed by atoms with Gasteiger partial charge in [-0.2, -0.15) is 0 Å². The minimum Gasteiger partial charge on any atom is -0.383 e. The number of ether oxygens (including phenoxy) is 1. The molecule has 0 bridgehead atoms. The first-order valence-corrected chi connectivity index (χ1v) is 8.97. The molecule has 0 spiro atoms. The van der Waals surface area contributed by atoms with E-state index in [9.17, 15) is 9.59 Å². The van der Waals surface area contributed by atoms with Gasteiger partial charge < -0.3 is 15.0 Å². The van der Waals surface area contributed by atoms with E-state index in [1.807, 2.05) is 29.2 Å². The SMILES string of the molecule is COCCNC(=O)CSc1ccccc1C(=O)N1CCCCC1. The summed E-state index contributed by atoms with van der Waals surface area (Å²) in [4.78, 5) is 27.2. The fourth-order valence-electron chi connectivity index (χ4n) is 2.52. The van der Waals surface area contributed by atoms with Crippen LogP contribution in [0.2, 0.25) is 0 Å². The fourth-order valence-corrected chi connectivity index (χ4v) is 3.40. The van der Waals surface area contributed by atoms with Crippen molar-refractivity contribution in [2.45, 2.75) is 24.2 Å². The standard InChI is InChI=1S/C17H24N2O3S/c1-22-12-9-18-16(20)13-23-15-8-4-3-7-14(15)17(21)19-10-5-2-6-11-19/h3-4,7-8H,2,5-6,9-13H2,1H3,(H,18,20). The molecule has 1 aliphatic rings. The Bertz CT molecular complexity index is 530. The number of nitrogens with one attached hydrogen (secondary N) is 1. The lowest BCUT2D eigenvalue weighted by Crippen LogP contribution is -2.35. The van der Waals surface area contributed by atoms with Crippen molar-refractivity contribution in [1.29, 1.82) is 0 Å². The number of piperidine rings is 1. The first-order valence-electron chi connectivity index (χ1n) is 7.99. The summed E-state index contributed by atoms with van der Waals surface area (Å²) in [5.41, 5.74) is 0.698. The predicted octanol–water partition coefficient (Wildman–Crippen LogP) is 2.17. The molecule has 0 aliphatic carbocycles. The van der Waals surface area contributed by atoms with Crippen LogP contribution in [-0.4, -0.2) is 55.8 Å². The molecule has 5 nitrogen and oxygen atoms in total. The molecule has 0 radical (unpaired) electrons. The molecule has 1 N–H and O–H groups in total. The van der Waals surface area contributed by atoms with Gasteiger partial charge in [-0.1, -0.05) is 12.1 Å². The van der Waals surface area contributed by atoms with Crippen molar-refractivity contribution < 1.29 is 14.3 Å². The van der Waals surface area contributed by atoms with Crippen LogP contribution in [-0.2, 0) is 9.53 Å². The van der Waals surface area contributed by atoms with E-state index in [1.165, 1.54) is 18.2 Å². The Morgan fingerprint density at radius 3 is 2.70 bits per heavy atom. The van der Waals surface area contributed by atoms with Crippen molar-refractivity contribution in [3.05, 3.63) is 29.8 Å². The molecule has 1 saturated heterocycles. The zero-order valence-corrected chi connectivity index (χ0v) is 14.4. The highest BCUT2D eigenvalue weighted by Gasteiger charge is 2.20. The lowest BCUT2D eigenvalue weighted by atomic mass is 10.1. The van der Waals surface area contributed by atoms with Crippen molar-refractivity contribution in [1.82, 2.24) is 10.2 Å². The van der Waals surface area contributed by atoms with Crippen LogP contribution in [0.5, 0.6) is 0 Å². The lowest BCUT2D eigenvalue weighted by Gasteiger charge is -2.27. The van der Waals surface area contributed by atoms with E-state index in [0.717, 1.165) is 30.8 Å². The zero-order chi connectivity index (χ0) is 16.5. The highest BCUT2D eigenvalue weighted by Crippen LogP contribution is 2.24. The Morgan fingerprint density at radius 2 is 1.96 bits per heavy atom. The van der Waals surface area contributed by atoms with Crippen molar-refractivity contribution in [2.24, 2.45) is 0 Å². The average Bonchev–Trinajstić information content (AvgIpc) is 2.60. The van der Waals surface area contributed by atoms with Gasteiger partial charge in [-0.05, 0) is 31.4 Å². The topological polar surface area (TPSA) is 58.6 Å². The molecule has 2 rings (SSSR count). The van der Waals surface area contributed by atoms with Crippen LogP contribution >= 0.6 is 11.8 Å². The quantitative estimate of drug-likeness (QED) is 0.612.